The van der Waals surface area contributed by atoms with E-state index in [9.17, 15) is 4.79 Å². The molecule has 1 amide bonds. The minimum atomic E-state index is -0.372. The summed E-state index contributed by atoms with van der Waals surface area (Å²) in [6.07, 6.45) is 7.32. The van der Waals surface area contributed by atoms with Crippen LogP contribution < -0.4 is 5.32 Å². The number of aromatic nitrogens is 3. The molecule has 2 aliphatic rings. The van der Waals surface area contributed by atoms with Crippen molar-refractivity contribution in [2.75, 3.05) is 18.4 Å². The molecule has 26 heavy (non-hydrogen) atoms. The van der Waals surface area contributed by atoms with Crippen LogP contribution in [0.4, 0.5) is 5.69 Å². The number of fused-ring (bicyclic) bond motifs is 1. The third-order valence-corrected chi connectivity index (χ3v) is 5.36. The van der Waals surface area contributed by atoms with Gasteiger partial charge in [0.2, 0.25) is 0 Å². The molecule has 2 aliphatic heterocycles. The summed E-state index contributed by atoms with van der Waals surface area (Å²) in [5, 5.41) is 7.20. The van der Waals surface area contributed by atoms with E-state index >= 15 is 0 Å². The number of aryl methyl sites for hydroxylation is 2. The van der Waals surface area contributed by atoms with Gasteiger partial charge in [-0.15, -0.1) is 0 Å². The number of rotatable bonds is 4. The van der Waals surface area contributed by atoms with Crippen LogP contribution in [0.1, 0.15) is 24.1 Å². The van der Waals surface area contributed by atoms with Gasteiger partial charge in [-0.25, -0.2) is 0 Å². The fourth-order valence-electron chi connectivity index (χ4n) is 3.95. The average molecular weight is 355 g/mol. The highest BCUT2D eigenvalue weighted by Gasteiger charge is 2.41. The van der Waals surface area contributed by atoms with E-state index in [1.807, 2.05) is 43.2 Å². The van der Waals surface area contributed by atoms with Crippen molar-refractivity contribution in [1.29, 1.82) is 0 Å². The summed E-state index contributed by atoms with van der Waals surface area (Å²) in [6, 6.07) is 3.70. The van der Waals surface area contributed by atoms with Crippen molar-refractivity contribution in [2.24, 2.45) is 13.0 Å². The van der Waals surface area contributed by atoms with Gasteiger partial charge in [0, 0.05) is 38.1 Å². The number of anilines is 1. The Bertz CT molecular complexity index is 790. The first-order chi connectivity index (χ1) is 12.6. The predicted molar refractivity (Wildman–Crippen MR) is 97.5 cm³/mol. The summed E-state index contributed by atoms with van der Waals surface area (Å²) >= 11 is 0. The third-order valence-electron chi connectivity index (χ3n) is 5.36. The molecule has 0 saturated carbocycles. The molecular weight excluding hydrogens is 330 g/mol. The quantitative estimate of drug-likeness (QED) is 0.904. The second-order valence-corrected chi connectivity index (χ2v) is 7.33. The topological polar surface area (TPSA) is 72.3 Å². The fraction of sp³-hybridized carbons (Fsp3) is 0.526. The van der Waals surface area contributed by atoms with E-state index in [-0.39, 0.29) is 18.1 Å². The third kappa shape index (κ3) is 3.64. The van der Waals surface area contributed by atoms with Crippen molar-refractivity contribution in [1.82, 2.24) is 19.7 Å². The highest BCUT2D eigenvalue weighted by atomic mass is 16.5. The molecule has 7 heteroatoms. The maximum absolute atomic E-state index is 12.6. The minimum absolute atomic E-state index is 0.0608. The minimum Gasteiger partial charge on any atom is -0.364 e. The molecule has 0 aromatic carbocycles. The summed E-state index contributed by atoms with van der Waals surface area (Å²) in [4.78, 5) is 19.2. The molecule has 1 N–H and O–H groups in total. The van der Waals surface area contributed by atoms with Gasteiger partial charge in [0.25, 0.3) is 5.91 Å². The van der Waals surface area contributed by atoms with E-state index in [0.717, 1.165) is 43.9 Å². The van der Waals surface area contributed by atoms with Gasteiger partial charge in [0.1, 0.15) is 6.10 Å². The molecule has 3 atom stereocenters. The molecule has 138 valence electrons. The lowest BCUT2D eigenvalue weighted by molar-refractivity contribution is -0.127. The maximum atomic E-state index is 12.6. The summed E-state index contributed by atoms with van der Waals surface area (Å²) in [5.41, 5.74) is 2.79. The lowest BCUT2D eigenvalue weighted by Crippen LogP contribution is -2.41. The van der Waals surface area contributed by atoms with Crippen LogP contribution in [0.2, 0.25) is 0 Å². The molecule has 0 radical (unpaired) electrons. The van der Waals surface area contributed by atoms with E-state index in [4.69, 9.17) is 4.74 Å². The van der Waals surface area contributed by atoms with E-state index in [2.05, 4.69) is 20.3 Å². The Morgan fingerprint density at radius 3 is 3.12 bits per heavy atom. The van der Waals surface area contributed by atoms with E-state index in [0.29, 0.717) is 5.92 Å². The van der Waals surface area contributed by atoms with Gasteiger partial charge in [-0.1, -0.05) is 0 Å². The summed E-state index contributed by atoms with van der Waals surface area (Å²) < 4.78 is 7.95. The number of pyridine rings is 1. The van der Waals surface area contributed by atoms with Crippen LogP contribution in [0.3, 0.4) is 0 Å². The highest BCUT2D eigenvalue weighted by Crippen LogP contribution is 2.34. The highest BCUT2D eigenvalue weighted by molar-refractivity contribution is 5.94. The first-order valence-electron chi connectivity index (χ1n) is 9.16. The molecule has 7 nitrogen and oxygen atoms in total. The smallest absolute Gasteiger partial charge is 0.253 e. The van der Waals surface area contributed by atoms with Crippen molar-refractivity contribution >= 4 is 11.6 Å². The molecule has 0 aliphatic carbocycles. The number of piperidine rings is 1. The number of hydrogen-bond acceptors (Lipinski definition) is 5. The molecule has 0 spiro atoms. The van der Waals surface area contributed by atoms with Crippen molar-refractivity contribution in [3.63, 3.8) is 0 Å². The fourth-order valence-corrected chi connectivity index (χ4v) is 3.95. The molecule has 4 heterocycles. The van der Waals surface area contributed by atoms with E-state index < -0.39 is 0 Å². The monoisotopic (exact) mass is 355 g/mol. The SMILES string of the molecule is Cc1ncccc1NC(=O)[C@H]1C[C@H]2CCN(Cc3cnn(C)c3)C[C@H]2O1. The largest absolute Gasteiger partial charge is 0.364 e. The zero-order valence-corrected chi connectivity index (χ0v) is 15.3. The Morgan fingerprint density at radius 1 is 1.46 bits per heavy atom. The number of nitrogens with one attached hydrogen (secondary N) is 1. The van der Waals surface area contributed by atoms with Crippen LogP contribution in [-0.2, 0) is 23.1 Å². The Morgan fingerprint density at radius 2 is 2.35 bits per heavy atom. The molecule has 2 aromatic heterocycles. The first-order valence-corrected chi connectivity index (χ1v) is 9.16. The second kappa shape index (κ2) is 7.17. The lowest BCUT2D eigenvalue weighted by atomic mass is 9.91. The standard InChI is InChI=1S/C19H25N5O2/c1-13-16(4-3-6-20-13)22-19(25)17-8-15-5-7-24(12-18(15)26-17)11-14-9-21-23(2)10-14/h3-4,6,9-10,15,17-18H,5,7-8,11-12H2,1-2H3,(H,22,25)/t15-,17-,18-/m1/s1. The van der Waals surface area contributed by atoms with Crippen LogP contribution in [0.15, 0.2) is 30.7 Å². The summed E-state index contributed by atoms with van der Waals surface area (Å²) in [6.45, 7) is 4.68. The van der Waals surface area contributed by atoms with Gasteiger partial charge in [0.05, 0.1) is 23.7 Å². The molecule has 0 unspecified atom stereocenters. The van der Waals surface area contributed by atoms with E-state index in [1.54, 1.807) is 6.20 Å². The number of ether oxygens (including phenoxy) is 1. The normalized spacial score (nSPS) is 25.8. The van der Waals surface area contributed by atoms with Crippen LogP contribution in [-0.4, -0.2) is 50.9 Å². The molecule has 2 aromatic rings. The molecule has 2 saturated heterocycles. The number of carbonyl (C=O) groups is 1. The Labute approximate surface area is 153 Å². The van der Waals surface area contributed by atoms with Gasteiger partial charge in [-0.05, 0) is 44.4 Å². The van der Waals surface area contributed by atoms with Crippen LogP contribution in [0, 0.1) is 12.8 Å². The molecule has 4 rings (SSSR count). The number of carbonyl (C=O) groups excluding carboxylic acids is 1. The number of hydrogen-bond donors (Lipinski definition) is 1. The zero-order chi connectivity index (χ0) is 18.1. The van der Waals surface area contributed by atoms with Crippen LogP contribution in [0.25, 0.3) is 0 Å². The average Bonchev–Trinajstić information content (AvgIpc) is 3.22. The second-order valence-electron chi connectivity index (χ2n) is 7.33. The van der Waals surface area contributed by atoms with Gasteiger partial charge in [-0.3, -0.25) is 19.4 Å². The van der Waals surface area contributed by atoms with Crippen molar-refractivity contribution in [3.05, 3.63) is 42.0 Å². The predicted octanol–water partition coefficient (Wildman–Crippen LogP) is 1.74. The Kier molecular flexibility index (Phi) is 4.74. The zero-order valence-electron chi connectivity index (χ0n) is 15.3. The van der Waals surface area contributed by atoms with Gasteiger partial charge < -0.3 is 10.1 Å². The van der Waals surface area contributed by atoms with Crippen molar-refractivity contribution in [3.8, 4) is 0 Å². The summed E-state index contributed by atoms with van der Waals surface area (Å²) in [7, 11) is 1.93. The molecule has 2 fully saturated rings. The van der Waals surface area contributed by atoms with Crippen LogP contribution >= 0.6 is 0 Å². The number of amides is 1. The summed E-state index contributed by atoms with van der Waals surface area (Å²) in [5.74, 6) is 0.403. The first kappa shape index (κ1) is 17.2. The Hall–Kier alpha value is -2.25. The van der Waals surface area contributed by atoms with Crippen molar-refractivity contribution in [2.45, 2.75) is 38.5 Å². The molecular formula is C19H25N5O2. The van der Waals surface area contributed by atoms with Crippen LogP contribution in [0.5, 0.6) is 0 Å². The Balaban J connectivity index is 1.34. The van der Waals surface area contributed by atoms with E-state index in [1.165, 1.54) is 5.56 Å². The number of likely N-dealkylation sites (tertiary alicyclic amines) is 1. The van der Waals surface area contributed by atoms with Gasteiger partial charge >= 0.3 is 0 Å². The molecule has 0 bridgehead atoms. The number of nitrogens with zero attached hydrogens (tertiary/aromatic N) is 4. The lowest BCUT2D eigenvalue weighted by Gasteiger charge is -2.33. The van der Waals surface area contributed by atoms with Crippen molar-refractivity contribution < 1.29 is 9.53 Å². The van der Waals surface area contributed by atoms with Gasteiger partial charge in [0.15, 0.2) is 0 Å². The van der Waals surface area contributed by atoms with Gasteiger partial charge in [-0.2, -0.15) is 5.10 Å². The maximum Gasteiger partial charge on any atom is 0.253 e.